The molecule has 0 aliphatic heterocycles. The van der Waals surface area contributed by atoms with E-state index in [-0.39, 0.29) is 18.4 Å². The van der Waals surface area contributed by atoms with Gasteiger partial charge in [0.2, 0.25) is 5.91 Å². The second-order valence-corrected chi connectivity index (χ2v) is 5.53. The van der Waals surface area contributed by atoms with Gasteiger partial charge in [0.15, 0.2) is 5.13 Å². The zero-order chi connectivity index (χ0) is 12.3. The van der Waals surface area contributed by atoms with Gasteiger partial charge in [0.25, 0.3) is 0 Å². The van der Waals surface area contributed by atoms with Crippen LogP contribution < -0.4 is 11.1 Å². The van der Waals surface area contributed by atoms with Crippen LogP contribution in [-0.4, -0.2) is 10.9 Å². The molecule has 0 fully saturated rings. The summed E-state index contributed by atoms with van der Waals surface area (Å²) in [6, 6.07) is 4.03. The highest BCUT2D eigenvalue weighted by Crippen LogP contribution is 2.18. The molecule has 0 aliphatic rings. The Morgan fingerprint density at radius 3 is 3.00 bits per heavy atom. The van der Waals surface area contributed by atoms with Gasteiger partial charge in [0, 0.05) is 10.3 Å². The Kier molecular flexibility index (Phi) is 3.75. The zero-order valence-corrected chi connectivity index (χ0v) is 11.0. The summed E-state index contributed by atoms with van der Waals surface area (Å²) in [5, 5.41) is 7.24. The Labute approximate surface area is 107 Å². The van der Waals surface area contributed by atoms with Crippen molar-refractivity contribution in [1.82, 2.24) is 10.3 Å². The quantitative estimate of drug-likeness (QED) is 0.892. The maximum Gasteiger partial charge on any atom is 0.226 e. The van der Waals surface area contributed by atoms with Crippen molar-refractivity contribution in [2.75, 3.05) is 5.73 Å². The van der Waals surface area contributed by atoms with E-state index in [0.717, 1.165) is 10.6 Å². The van der Waals surface area contributed by atoms with Crippen molar-refractivity contribution >= 4 is 33.7 Å². The number of nitrogens with zero attached hydrogens (tertiary/aromatic N) is 1. The van der Waals surface area contributed by atoms with Crippen molar-refractivity contribution in [1.29, 1.82) is 0 Å². The first kappa shape index (κ1) is 12.1. The van der Waals surface area contributed by atoms with Crippen molar-refractivity contribution in [3.05, 3.63) is 33.5 Å². The number of carbonyl (C=O) groups excluding carboxylic acids is 1. The summed E-state index contributed by atoms with van der Waals surface area (Å²) in [4.78, 5) is 17.0. The minimum atomic E-state index is -0.0313. The predicted octanol–water partition coefficient (Wildman–Crippen LogP) is 2.21. The highest BCUT2D eigenvalue weighted by Gasteiger charge is 2.11. The molecule has 2 rings (SSSR count). The number of anilines is 1. The number of nitrogens with one attached hydrogen (secondary N) is 1. The lowest BCUT2D eigenvalue weighted by molar-refractivity contribution is -0.121. The number of thiazole rings is 1. The first-order valence-corrected chi connectivity index (χ1v) is 6.93. The highest BCUT2D eigenvalue weighted by atomic mass is 32.1. The van der Waals surface area contributed by atoms with Crippen LogP contribution in [0.2, 0.25) is 0 Å². The van der Waals surface area contributed by atoms with Crippen LogP contribution in [-0.2, 0) is 11.2 Å². The third kappa shape index (κ3) is 3.28. The minimum Gasteiger partial charge on any atom is -0.375 e. The lowest BCUT2D eigenvalue weighted by atomic mass is 10.2. The fraction of sp³-hybridized carbons (Fsp3) is 0.273. The maximum atomic E-state index is 11.7. The van der Waals surface area contributed by atoms with Crippen LogP contribution in [0.3, 0.4) is 0 Å². The van der Waals surface area contributed by atoms with E-state index in [0.29, 0.717) is 5.13 Å². The molecule has 3 N–H and O–H groups in total. The Bertz CT molecular complexity index is 493. The van der Waals surface area contributed by atoms with E-state index in [1.54, 1.807) is 11.3 Å². The summed E-state index contributed by atoms with van der Waals surface area (Å²) in [5.41, 5.74) is 6.24. The molecule has 0 radical (unpaired) electrons. The van der Waals surface area contributed by atoms with Gasteiger partial charge in [-0.3, -0.25) is 4.79 Å². The Morgan fingerprint density at radius 1 is 1.59 bits per heavy atom. The number of hydrogen-bond acceptors (Lipinski definition) is 5. The van der Waals surface area contributed by atoms with Gasteiger partial charge in [0.05, 0.1) is 18.2 Å². The van der Waals surface area contributed by atoms with Crippen LogP contribution >= 0.6 is 22.7 Å². The van der Waals surface area contributed by atoms with Gasteiger partial charge in [-0.15, -0.1) is 22.7 Å². The SMILES string of the molecule is C[C@H](NC(=O)Cc1csc(N)n1)c1cccs1. The molecule has 0 aliphatic carbocycles. The van der Waals surface area contributed by atoms with Crippen LogP contribution in [0.15, 0.2) is 22.9 Å². The van der Waals surface area contributed by atoms with Crippen molar-refractivity contribution in [3.63, 3.8) is 0 Å². The summed E-state index contributed by atoms with van der Waals surface area (Å²) in [5.74, 6) is -0.0313. The Morgan fingerprint density at radius 2 is 2.41 bits per heavy atom. The summed E-state index contributed by atoms with van der Waals surface area (Å²) >= 11 is 2.99. The molecule has 17 heavy (non-hydrogen) atoms. The molecule has 0 aromatic carbocycles. The van der Waals surface area contributed by atoms with E-state index in [2.05, 4.69) is 10.3 Å². The molecule has 1 atom stereocenters. The maximum absolute atomic E-state index is 11.7. The number of hydrogen-bond donors (Lipinski definition) is 2. The summed E-state index contributed by atoms with van der Waals surface area (Å²) < 4.78 is 0. The number of nitrogens with two attached hydrogens (primary N) is 1. The van der Waals surface area contributed by atoms with Gasteiger partial charge >= 0.3 is 0 Å². The number of carbonyl (C=O) groups is 1. The fourth-order valence-electron chi connectivity index (χ4n) is 1.47. The first-order valence-electron chi connectivity index (χ1n) is 5.18. The second kappa shape index (κ2) is 5.29. The van der Waals surface area contributed by atoms with E-state index < -0.39 is 0 Å². The molecule has 0 saturated carbocycles. The molecule has 0 saturated heterocycles. The fourth-order valence-corrected chi connectivity index (χ4v) is 2.77. The topological polar surface area (TPSA) is 68.0 Å². The Balaban J connectivity index is 1.89. The normalized spacial score (nSPS) is 12.3. The monoisotopic (exact) mass is 267 g/mol. The van der Waals surface area contributed by atoms with E-state index in [4.69, 9.17) is 5.73 Å². The van der Waals surface area contributed by atoms with Gasteiger partial charge in [-0.05, 0) is 18.4 Å². The molecule has 0 bridgehead atoms. The summed E-state index contributed by atoms with van der Waals surface area (Å²) in [6.45, 7) is 1.97. The predicted molar refractivity (Wildman–Crippen MR) is 71.1 cm³/mol. The van der Waals surface area contributed by atoms with Crippen molar-refractivity contribution in [2.24, 2.45) is 0 Å². The standard InChI is InChI=1S/C11H13N3OS2/c1-7(9-3-2-4-16-9)13-10(15)5-8-6-17-11(12)14-8/h2-4,6-7H,5H2,1H3,(H2,12,14)(H,13,15)/t7-/m0/s1. The van der Waals surface area contributed by atoms with Crippen LogP contribution in [0.5, 0.6) is 0 Å². The second-order valence-electron chi connectivity index (χ2n) is 3.66. The lowest BCUT2D eigenvalue weighted by Crippen LogP contribution is -2.27. The molecular weight excluding hydrogens is 254 g/mol. The zero-order valence-electron chi connectivity index (χ0n) is 9.34. The van der Waals surface area contributed by atoms with E-state index in [1.165, 1.54) is 11.3 Å². The summed E-state index contributed by atoms with van der Waals surface area (Å²) in [6.07, 6.45) is 0.281. The van der Waals surface area contributed by atoms with Crippen LogP contribution in [0.25, 0.3) is 0 Å². The molecule has 2 aromatic rings. The number of thiophene rings is 1. The van der Waals surface area contributed by atoms with Crippen molar-refractivity contribution < 1.29 is 4.79 Å². The number of rotatable bonds is 4. The molecule has 2 aromatic heterocycles. The molecule has 4 nitrogen and oxygen atoms in total. The van der Waals surface area contributed by atoms with Gasteiger partial charge in [-0.25, -0.2) is 4.98 Å². The largest absolute Gasteiger partial charge is 0.375 e. The molecule has 6 heteroatoms. The number of amides is 1. The average Bonchev–Trinajstić information content (AvgIpc) is 2.89. The summed E-state index contributed by atoms with van der Waals surface area (Å²) in [7, 11) is 0. The van der Waals surface area contributed by atoms with Gasteiger partial charge in [-0.2, -0.15) is 0 Å². The number of aromatic nitrogens is 1. The van der Waals surface area contributed by atoms with Crippen molar-refractivity contribution in [3.8, 4) is 0 Å². The van der Waals surface area contributed by atoms with Gasteiger partial charge in [-0.1, -0.05) is 6.07 Å². The van der Waals surface area contributed by atoms with E-state index in [9.17, 15) is 4.79 Å². The van der Waals surface area contributed by atoms with Crippen LogP contribution in [0.4, 0.5) is 5.13 Å². The van der Waals surface area contributed by atoms with Gasteiger partial charge < -0.3 is 11.1 Å². The molecule has 2 heterocycles. The Hall–Kier alpha value is -1.40. The van der Waals surface area contributed by atoms with Crippen LogP contribution in [0.1, 0.15) is 23.5 Å². The molecule has 0 unspecified atom stereocenters. The molecular formula is C11H13N3OS2. The van der Waals surface area contributed by atoms with Gasteiger partial charge in [0.1, 0.15) is 0 Å². The lowest BCUT2D eigenvalue weighted by Gasteiger charge is -2.11. The third-order valence-corrected chi connectivity index (χ3v) is 4.04. The minimum absolute atomic E-state index is 0.0313. The average molecular weight is 267 g/mol. The van der Waals surface area contributed by atoms with Crippen LogP contribution in [0, 0.1) is 0 Å². The first-order chi connectivity index (χ1) is 8.15. The molecule has 1 amide bonds. The third-order valence-electron chi connectivity index (χ3n) is 2.26. The highest BCUT2D eigenvalue weighted by molar-refractivity contribution is 7.13. The van der Waals surface area contributed by atoms with E-state index in [1.807, 2.05) is 29.8 Å². The van der Waals surface area contributed by atoms with E-state index >= 15 is 0 Å². The molecule has 90 valence electrons. The molecule has 0 spiro atoms. The number of nitrogen functional groups attached to an aromatic ring is 1. The van der Waals surface area contributed by atoms with Crippen molar-refractivity contribution in [2.45, 2.75) is 19.4 Å². The smallest absolute Gasteiger partial charge is 0.226 e.